The van der Waals surface area contributed by atoms with Crippen molar-refractivity contribution in [1.82, 2.24) is 4.90 Å². The highest BCUT2D eigenvalue weighted by molar-refractivity contribution is 5.88. The summed E-state index contributed by atoms with van der Waals surface area (Å²) in [5, 5.41) is 0. The molecule has 0 bridgehead atoms. The molecule has 0 aromatic rings. The third-order valence-electron chi connectivity index (χ3n) is 3.51. The van der Waals surface area contributed by atoms with E-state index in [4.69, 9.17) is 10.5 Å². The highest BCUT2D eigenvalue weighted by Gasteiger charge is 2.42. The normalized spacial score (nSPS) is 34.8. The molecule has 1 fully saturated rings. The van der Waals surface area contributed by atoms with Crippen LogP contribution >= 0.6 is 0 Å². The van der Waals surface area contributed by atoms with Crippen molar-refractivity contribution in [2.45, 2.75) is 43.8 Å². The third-order valence-corrected chi connectivity index (χ3v) is 3.51. The summed E-state index contributed by atoms with van der Waals surface area (Å²) < 4.78 is 4.75. The summed E-state index contributed by atoms with van der Waals surface area (Å²) >= 11 is 0. The zero-order chi connectivity index (χ0) is 12.4. The number of amides is 1. The number of esters is 1. The standard InChI is InChI=1S/C12H18N2O3/c1-17-12(16)10-7-6-8-4-2-3-5-9(13)11(15)14(8)10/h2-3,8-10H,4-7,13H2,1H3/b3-2-/t8-,9+,10+/m1/s1. The number of rotatable bonds is 1. The highest BCUT2D eigenvalue weighted by atomic mass is 16.5. The van der Waals surface area contributed by atoms with Crippen LogP contribution in [-0.2, 0) is 14.3 Å². The van der Waals surface area contributed by atoms with Crippen molar-refractivity contribution in [2.75, 3.05) is 7.11 Å². The SMILES string of the molecule is COC(=O)[C@@H]1CC[C@H]2C/C=C\C[C@H](N)C(=O)N21. The van der Waals surface area contributed by atoms with Crippen molar-refractivity contribution in [3.63, 3.8) is 0 Å². The summed E-state index contributed by atoms with van der Waals surface area (Å²) in [4.78, 5) is 25.5. The number of nitrogens with two attached hydrogens (primary N) is 1. The van der Waals surface area contributed by atoms with Gasteiger partial charge in [-0.2, -0.15) is 0 Å². The molecule has 2 rings (SSSR count). The molecule has 3 atom stereocenters. The Morgan fingerprint density at radius 1 is 1.41 bits per heavy atom. The summed E-state index contributed by atoms with van der Waals surface area (Å²) in [5.41, 5.74) is 5.81. The summed E-state index contributed by atoms with van der Waals surface area (Å²) in [6.45, 7) is 0. The molecule has 17 heavy (non-hydrogen) atoms. The lowest BCUT2D eigenvalue weighted by atomic mass is 10.1. The van der Waals surface area contributed by atoms with Crippen LogP contribution in [0.4, 0.5) is 0 Å². The quantitative estimate of drug-likeness (QED) is 0.523. The van der Waals surface area contributed by atoms with Crippen LogP contribution in [0.5, 0.6) is 0 Å². The van der Waals surface area contributed by atoms with Gasteiger partial charge in [-0.1, -0.05) is 12.2 Å². The third kappa shape index (κ3) is 2.20. The van der Waals surface area contributed by atoms with Gasteiger partial charge in [-0.05, 0) is 25.7 Å². The Labute approximate surface area is 101 Å². The largest absolute Gasteiger partial charge is 0.467 e. The second kappa shape index (κ2) is 4.87. The van der Waals surface area contributed by atoms with Crippen molar-refractivity contribution in [1.29, 1.82) is 0 Å². The molecule has 1 saturated heterocycles. The maximum Gasteiger partial charge on any atom is 0.328 e. The molecule has 5 heteroatoms. The molecule has 94 valence electrons. The van der Waals surface area contributed by atoms with Gasteiger partial charge in [0.2, 0.25) is 5.91 Å². The molecule has 0 spiro atoms. The van der Waals surface area contributed by atoms with E-state index >= 15 is 0 Å². The number of hydrogen-bond acceptors (Lipinski definition) is 4. The van der Waals surface area contributed by atoms with Gasteiger partial charge in [-0.25, -0.2) is 4.79 Å². The molecule has 0 aromatic heterocycles. The second-order valence-electron chi connectivity index (χ2n) is 4.56. The number of ether oxygens (including phenoxy) is 1. The second-order valence-corrected chi connectivity index (χ2v) is 4.56. The predicted octanol–water partition coefficient (Wildman–Crippen LogP) is 0.196. The lowest BCUT2D eigenvalue weighted by molar-refractivity contribution is -0.152. The van der Waals surface area contributed by atoms with E-state index in [-0.39, 0.29) is 17.9 Å². The first-order chi connectivity index (χ1) is 8.15. The van der Waals surface area contributed by atoms with Crippen LogP contribution in [0.15, 0.2) is 12.2 Å². The van der Waals surface area contributed by atoms with E-state index in [0.717, 1.165) is 12.8 Å². The van der Waals surface area contributed by atoms with Crippen LogP contribution in [0.1, 0.15) is 25.7 Å². The predicted molar refractivity (Wildman–Crippen MR) is 62.0 cm³/mol. The minimum atomic E-state index is -0.542. The Kier molecular flexibility index (Phi) is 3.47. The highest BCUT2D eigenvalue weighted by Crippen LogP contribution is 2.29. The number of methoxy groups -OCH3 is 1. The fourth-order valence-corrected chi connectivity index (χ4v) is 2.60. The van der Waals surface area contributed by atoms with E-state index in [1.54, 1.807) is 4.90 Å². The smallest absolute Gasteiger partial charge is 0.328 e. The first kappa shape index (κ1) is 12.1. The van der Waals surface area contributed by atoms with E-state index in [1.165, 1.54) is 7.11 Å². The Hall–Kier alpha value is -1.36. The topological polar surface area (TPSA) is 72.6 Å². The molecule has 5 nitrogen and oxygen atoms in total. The van der Waals surface area contributed by atoms with Crippen molar-refractivity contribution in [3.05, 3.63) is 12.2 Å². The maximum absolute atomic E-state index is 12.2. The Morgan fingerprint density at radius 2 is 2.12 bits per heavy atom. The maximum atomic E-state index is 12.2. The number of hydrogen-bond donors (Lipinski definition) is 1. The minimum absolute atomic E-state index is 0.0919. The number of carbonyl (C=O) groups is 2. The van der Waals surface area contributed by atoms with E-state index in [9.17, 15) is 9.59 Å². The summed E-state index contributed by atoms with van der Waals surface area (Å²) in [6, 6.07) is -0.899. The molecule has 1 amide bonds. The molecule has 2 aliphatic heterocycles. The summed E-state index contributed by atoms with van der Waals surface area (Å²) in [5.74, 6) is -0.468. The molecule has 0 saturated carbocycles. The van der Waals surface area contributed by atoms with Crippen molar-refractivity contribution >= 4 is 11.9 Å². The van der Waals surface area contributed by atoms with Gasteiger partial charge in [-0.15, -0.1) is 0 Å². The average Bonchev–Trinajstić information content (AvgIpc) is 2.74. The van der Waals surface area contributed by atoms with Crippen LogP contribution in [0.25, 0.3) is 0 Å². The Balaban J connectivity index is 2.24. The van der Waals surface area contributed by atoms with Crippen LogP contribution < -0.4 is 5.73 Å². The van der Waals surface area contributed by atoms with E-state index in [1.807, 2.05) is 12.2 Å². The molecular weight excluding hydrogens is 220 g/mol. The average molecular weight is 238 g/mol. The van der Waals surface area contributed by atoms with Gasteiger partial charge in [0, 0.05) is 6.04 Å². The number of nitrogens with zero attached hydrogens (tertiary/aromatic N) is 1. The lowest BCUT2D eigenvalue weighted by Crippen LogP contribution is -2.52. The monoisotopic (exact) mass is 238 g/mol. The molecule has 2 aliphatic rings. The Bertz CT molecular complexity index is 354. The van der Waals surface area contributed by atoms with Gasteiger partial charge in [0.1, 0.15) is 6.04 Å². The van der Waals surface area contributed by atoms with Crippen LogP contribution in [-0.4, -0.2) is 42.0 Å². The minimum Gasteiger partial charge on any atom is -0.467 e. The first-order valence-electron chi connectivity index (χ1n) is 5.95. The number of fused-ring (bicyclic) bond motifs is 1. The molecular formula is C12H18N2O3. The molecule has 0 radical (unpaired) electrons. The zero-order valence-corrected chi connectivity index (χ0v) is 9.96. The van der Waals surface area contributed by atoms with Crippen molar-refractivity contribution < 1.29 is 14.3 Å². The summed E-state index contributed by atoms with van der Waals surface area (Å²) in [7, 11) is 1.35. The molecule has 0 aromatic carbocycles. The lowest BCUT2D eigenvalue weighted by Gasteiger charge is -2.31. The molecule has 0 aliphatic carbocycles. The number of carbonyl (C=O) groups excluding carboxylic acids is 2. The van der Waals surface area contributed by atoms with E-state index < -0.39 is 12.1 Å². The van der Waals surface area contributed by atoms with Crippen LogP contribution in [0, 0.1) is 0 Å². The van der Waals surface area contributed by atoms with Gasteiger partial charge in [0.05, 0.1) is 13.2 Å². The van der Waals surface area contributed by atoms with E-state index in [0.29, 0.717) is 12.8 Å². The molecule has 2 N–H and O–H groups in total. The summed E-state index contributed by atoms with van der Waals surface area (Å²) in [6.07, 6.45) is 6.84. The van der Waals surface area contributed by atoms with Gasteiger partial charge < -0.3 is 15.4 Å². The van der Waals surface area contributed by atoms with Crippen LogP contribution in [0.2, 0.25) is 0 Å². The van der Waals surface area contributed by atoms with E-state index in [2.05, 4.69) is 0 Å². The fraction of sp³-hybridized carbons (Fsp3) is 0.667. The fourth-order valence-electron chi connectivity index (χ4n) is 2.60. The van der Waals surface area contributed by atoms with Crippen LogP contribution in [0.3, 0.4) is 0 Å². The zero-order valence-electron chi connectivity index (χ0n) is 9.96. The van der Waals surface area contributed by atoms with Crippen molar-refractivity contribution in [3.8, 4) is 0 Å². The van der Waals surface area contributed by atoms with Gasteiger partial charge in [-0.3, -0.25) is 4.79 Å². The Morgan fingerprint density at radius 3 is 2.82 bits per heavy atom. The van der Waals surface area contributed by atoms with Gasteiger partial charge >= 0.3 is 5.97 Å². The first-order valence-corrected chi connectivity index (χ1v) is 5.95. The van der Waals surface area contributed by atoms with Crippen molar-refractivity contribution in [2.24, 2.45) is 5.73 Å². The molecule has 2 heterocycles. The van der Waals surface area contributed by atoms with Gasteiger partial charge in [0.25, 0.3) is 0 Å². The molecule has 0 unspecified atom stereocenters. The van der Waals surface area contributed by atoms with Gasteiger partial charge in [0.15, 0.2) is 0 Å².